The average molecular weight is 344 g/mol. The van der Waals surface area contributed by atoms with E-state index in [1.807, 2.05) is 39.0 Å². The van der Waals surface area contributed by atoms with E-state index in [0.29, 0.717) is 5.69 Å². The van der Waals surface area contributed by atoms with Gasteiger partial charge in [0.25, 0.3) is 0 Å². The van der Waals surface area contributed by atoms with Gasteiger partial charge in [0.1, 0.15) is 11.9 Å². The lowest BCUT2D eigenvalue weighted by Crippen LogP contribution is -2.39. The molecule has 0 radical (unpaired) electrons. The first-order valence-corrected chi connectivity index (χ1v) is 9.11. The minimum absolute atomic E-state index is 0.0565. The van der Waals surface area contributed by atoms with Crippen LogP contribution in [-0.4, -0.2) is 40.5 Å². The highest BCUT2D eigenvalue weighted by molar-refractivity contribution is 5.96. The van der Waals surface area contributed by atoms with Crippen LogP contribution < -0.4 is 5.32 Å². The highest BCUT2D eigenvalue weighted by atomic mass is 16.6. The van der Waals surface area contributed by atoms with E-state index in [2.05, 4.69) is 22.1 Å². The summed E-state index contributed by atoms with van der Waals surface area (Å²) in [4.78, 5) is 17.7. The third kappa shape index (κ3) is 4.45. The summed E-state index contributed by atoms with van der Waals surface area (Å²) in [5.74, 6) is 0. The van der Waals surface area contributed by atoms with Crippen molar-refractivity contribution in [3.63, 3.8) is 0 Å². The van der Waals surface area contributed by atoms with Gasteiger partial charge in [-0.1, -0.05) is 32.4 Å². The lowest BCUT2D eigenvalue weighted by atomic mass is 10.0. The second-order valence-corrected chi connectivity index (χ2v) is 6.15. The fourth-order valence-corrected chi connectivity index (χ4v) is 3.18. The van der Waals surface area contributed by atoms with Crippen molar-refractivity contribution in [1.29, 1.82) is 0 Å². The maximum atomic E-state index is 11.4. The molecule has 1 fully saturated rings. The van der Waals surface area contributed by atoms with Crippen LogP contribution in [-0.2, 0) is 0 Å². The number of nitrogens with one attached hydrogen (secondary N) is 1. The molecule has 6 nitrogen and oxygen atoms in total. The minimum atomic E-state index is -0.349. The molecule has 0 saturated carbocycles. The molecule has 2 heterocycles. The van der Waals surface area contributed by atoms with Crippen molar-refractivity contribution >= 4 is 22.3 Å². The van der Waals surface area contributed by atoms with Crippen molar-refractivity contribution in [3.05, 3.63) is 40.1 Å². The number of hydrogen-bond acceptors (Lipinski definition) is 5. The summed E-state index contributed by atoms with van der Waals surface area (Å²) in [6.07, 6.45) is 3.36. The van der Waals surface area contributed by atoms with Gasteiger partial charge in [-0.3, -0.25) is 10.1 Å². The monoisotopic (exact) mass is 344 g/mol. The third-order valence-electron chi connectivity index (χ3n) is 4.58. The van der Waals surface area contributed by atoms with E-state index in [4.69, 9.17) is 0 Å². The molecule has 0 unspecified atom stereocenters. The second-order valence-electron chi connectivity index (χ2n) is 6.15. The van der Waals surface area contributed by atoms with Crippen LogP contribution in [0.15, 0.2) is 24.4 Å². The lowest BCUT2D eigenvalue weighted by molar-refractivity contribution is -0.384. The van der Waals surface area contributed by atoms with Crippen LogP contribution in [0.1, 0.15) is 39.2 Å². The molecule has 1 N–H and O–H groups in total. The molecule has 0 aliphatic carbocycles. The quantitative estimate of drug-likeness (QED) is 0.658. The summed E-state index contributed by atoms with van der Waals surface area (Å²) in [5, 5.41) is 15.7. The van der Waals surface area contributed by atoms with E-state index < -0.39 is 0 Å². The summed E-state index contributed by atoms with van der Waals surface area (Å²) in [6.45, 7) is 11.3. The first-order chi connectivity index (χ1) is 12.1. The molecule has 6 heteroatoms. The van der Waals surface area contributed by atoms with Gasteiger partial charge in [-0.2, -0.15) is 0 Å². The fourth-order valence-electron chi connectivity index (χ4n) is 3.18. The van der Waals surface area contributed by atoms with E-state index in [-0.39, 0.29) is 16.7 Å². The van der Waals surface area contributed by atoms with Gasteiger partial charge < -0.3 is 10.2 Å². The van der Waals surface area contributed by atoms with Gasteiger partial charge >= 0.3 is 5.69 Å². The molecule has 1 aromatic heterocycles. The molecule has 0 atom stereocenters. The number of likely N-dealkylation sites (tertiary alicyclic amines) is 1. The molecule has 2 aromatic rings. The van der Waals surface area contributed by atoms with E-state index in [0.717, 1.165) is 48.9 Å². The largest absolute Gasteiger partial charge is 0.376 e. The Morgan fingerprint density at radius 2 is 2.00 bits per heavy atom. The first-order valence-electron chi connectivity index (χ1n) is 9.11. The minimum Gasteiger partial charge on any atom is -0.376 e. The molecule has 25 heavy (non-hydrogen) atoms. The van der Waals surface area contributed by atoms with Crippen molar-refractivity contribution in [2.24, 2.45) is 0 Å². The molecule has 3 rings (SSSR count). The van der Waals surface area contributed by atoms with Gasteiger partial charge in [0.2, 0.25) is 0 Å². The van der Waals surface area contributed by atoms with Crippen molar-refractivity contribution in [1.82, 2.24) is 9.88 Å². The van der Waals surface area contributed by atoms with Crippen molar-refractivity contribution in [2.75, 3.05) is 25.0 Å². The Labute approximate surface area is 149 Å². The molecule has 1 aliphatic rings. The molecule has 1 aliphatic heterocycles. The average Bonchev–Trinajstić information content (AvgIpc) is 2.64. The van der Waals surface area contributed by atoms with Crippen LogP contribution in [0.3, 0.4) is 0 Å². The first kappa shape index (κ1) is 19.1. The molecular weight excluding hydrogens is 316 g/mol. The second kappa shape index (κ2) is 8.76. The van der Waals surface area contributed by atoms with Gasteiger partial charge in [-0.15, -0.1) is 0 Å². The van der Waals surface area contributed by atoms with Crippen LogP contribution in [0.5, 0.6) is 0 Å². The fraction of sp³-hybridized carbons (Fsp3) is 0.526. The number of piperidine rings is 1. The summed E-state index contributed by atoms with van der Waals surface area (Å²) in [7, 11) is 0. The molecule has 0 spiro atoms. The molecule has 1 aromatic carbocycles. The van der Waals surface area contributed by atoms with Crippen LogP contribution in [0.2, 0.25) is 0 Å². The predicted molar refractivity (Wildman–Crippen MR) is 103 cm³/mol. The number of rotatable bonds is 4. The zero-order valence-corrected chi connectivity index (χ0v) is 15.6. The number of aryl methyl sites for hydroxylation is 1. The van der Waals surface area contributed by atoms with Crippen LogP contribution in [0.4, 0.5) is 11.4 Å². The zero-order chi connectivity index (χ0) is 18.4. The van der Waals surface area contributed by atoms with Gasteiger partial charge in [0, 0.05) is 24.5 Å². The Morgan fingerprint density at radius 1 is 1.32 bits per heavy atom. The van der Waals surface area contributed by atoms with E-state index in [1.54, 1.807) is 0 Å². The van der Waals surface area contributed by atoms with Crippen molar-refractivity contribution in [3.8, 4) is 0 Å². The number of hydrogen-bond donors (Lipinski definition) is 1. The SMILES string of the molecule is CC.CCN1CCC(Nc2c([N+](=O)[O-])cnc3ccc(C)cc23)CC1. The number of nitrogens with zero attached hydrogens (tertiary/aromatic N) is 3. The van der Waals surface area contributed by atoms with Crippen molar-refractivity contribution in [2.45, 2.75) is 46.6 Å². The Morgan fingerprint density at radius 3 is 2.60 bits per heavy atom. The topological polar surface area (TPSA) is 71.3 Å². The van der Waals surface area contributed by atoms with Crippen molar-refractivity contribution < 1.29 is 4.92 Å². The molecule has 0 amide bonds. The Bertz CT molecular complexity index is 725. The smallest absolute Gasteiger partial charge is 0.311 e. The lowest BCUT2D eigenvalue weighted by Gasteiger charge is -2.32. The van der Waals surface area contributed by atoms with Gasteiger partial charge in [0.15, 0.2) is 0 Å². The van der Waals surface area contributed by atoms with E-state index in [1.165, 1.54) is 6.20 Å². The number of anilines is 1. The Balaban J connectivity index is 0.00000109. The molecule has 136 valence electrons. The van der Waals surface area contributed by atoms with Crippen LogP contribution in [0, 0.1) is 17.0 Å². The highest BCUT2D eigenvalue weighted by Crippen LogP contribution is 2.33. The van der Waals surface area contributed by atoms with E-state index >= 15 is 0 Å². The third-order valence-corrected chi connectivity index (χ3v) is 4.58. The highest BCUT2D eigenvalue weighted by Gasteiger charge is 2.23. The number of benzene rings is 1. The standard InChI is InChI=1S/C17H22N4O2.C2H6/c1-3-20-8-6-13(7-9-20)19-17-14-10-12(2)4-5-15(14)18-11-16(17)21(22)23;1-2/h4-5,10-11,13H,3,6-9H2,1-2H3,(H,18,19);1-2H3. The normalized spacial score (nSPS) is 15.5. The maximum Gasteiger partial charge on any atom is 0.311 e. The Hall–Kier alpha value is -2.21. The number of nitro groups is 1. The molecule has 0 bridgehead atoms. The number of pyridine rings is 1. The summed E-state index contributed by atoms with van der Waals surface area (Å²) < 4.78 is 0. The summed E-state index contributed by atoms with van der Waals surface area (Å²) in [5.41, 5.74) is 2.53. The maximum absolute atomic E-state index is 11.4. The zero-order valence-electron chi connectivity index (χ0n) is 15.6. The van der Waals surface area contributed by atoms with Crippen LogP contribution in [0.25, 0.3) is 10.9 Å². The predicted octanol–water partition coefficient (Wildman–Crippen LogP) is 4.37. The Kier molecular flexibility index (Phi) is 6.70. The summed E-state index contributed by atoms with van der Waals surface area (Å²) in [6, 6.07) is 6.13. The summed E-state index contributed by atoms with van der Waals surface area (Å²) >= 11 is 0. The number of aromatic nitrogens is 1. The van der Waals surface area contributed by atoms with Gasteiger partial charge in [-0.25, -0.2) is 4.98 Å². The van der Waals surface area contributed by atoms with Gasteiger partial charge in [-0.05, 0) is 38.4 Å². The molecule has 1 saturated heterocycles. The van der Waals surface area contributed by atoms with E-state index in [9.17, 15) is 10.1 Å². The number of fused-ring (bicyclic) bond motifs is 1. The molecular formula is C19H28N4O2. The van der Waals surface area contributed by atoms with Gasteiger partial charge in [0.05, 0.1) is 10.4 Å². The van der Waals surface area contributed by atoms with Crippen LogP contribution >= 0.6 is 0 Å².